The summed E-state index contributed by atoms with van der Waals surface area (Å²) < 4.78 is 30.5. The van der Waals surface area contributed by atoms with E-state index >= 15 is 0 Å². The Bertz CT molecular complexity index is 509. The molecule has 1 heterocycles. The van der Waals surface area contributed by atoms with Gasteiger partial charge in [0, 0.05) is 6.61 Å². The first-order valence-corrected chi connectivity index (χ1v) is 8.19. The van der Waals surface area contributed by atoms with Crippen LogP contribution in [0.25, 0.3) is 0 Å². The van der Waals surface area contributed by atoms with Crippen LogP contribution in [0.15, 0.2) is 4.90 Å². The number of hydrogen-bond acceptors (Lipinski definition) is 4. The lowest BCUT2D eigenvalue weighted by molar-refractivity contribution is 0.123. The molecule has 1 aromatic rings. The minimum atomic E-state index is -3.73. The van der Waals surface area contributed by atoms with E-state index in [0.29, 0.717) is 44.0 Å². The normalized spacial score (nSPS) is 12.0. The zero-order chi connectivity index (χ0) is 14.5. The molecule has 0 aromatic carbocycles. The van der Waals surface area contributed by atoms with Crippen molar-refractivity contribution in [2.24, 2.45) is 5.14 Å². The molecule has 6 nitrogen and oxygen atoms in total. The summed E-state index contributed by atoms with van der Waals surface area (Å²) in [5.74, 6) is 0. The van der Waals surface area contributed by atoms with Crippen molar-refractivity contribution in [3.8, 4) is 0 Å². The fourth-order valence-corrected chi connectivity index (χ4v) is 3.11. The number of ether oxygens (including phenoxy) is 1. The average Bonchev–Trinajstić information content (AvgIpc) is 2.72. The molecular weight excluding hydrogens is 266 g/mol. The Morgan fingerprint density at radius 2 is 1.89 bits per heavy atom. The second-order valence-corrected chi connectivity index (χ2v) is 5.81. The van der Waals surface area contributed by atoms with Crippen molar-refractivity contribution in [2.45, 2.75) is 51.5 Å². The molecule has 0 unspecified atom stereocenters. The Morgan fingerprint density at radius 1 is 1.21 bits per heavy atom. The highest BCUT2D eigenvalue weighted by Gasteiger charge is 2.23. The predicted octanol–water partition coefficient (Wildman–Crippen LogP) is 1.08. The minimum Gasteiger partial charge on any atom is -0.380 e. The maximum atomic E-state index is 11.7. The van der Waals surface area contributed by atoms with Crippen molar-refractivity contribution in [3.05, 3.63) is 11.4 Å². The molecule has 0 aliphatic carbocycles. The SMILES string of the molecule is CCCOCCn1nc(CC)c(S(N)(=O)=O)c1CC. The molecule has 110 valence electrons. The number of rotatable bonds is 8. The lowest BCUT2D eigenvalue weighted by Crippen LogP contribution is -2.16. The molecule has 0 saturated heterocycles. The van der Waals surface area contributed by atoms with Crippen LogP contribution in [0.5, 0.6) is 0 Å². The van der Waals surface area contributed by atoms with Gasteiger partial charge < -0.3 is 4.74 Å². The molecule has 0 radical (unpaired) electrons. The van der Waals surface area contributed by atoms with Crippen molar-refractivity contribution in [1.29, 1.82) is 0 Å². The van der Waals surface area contributed by atoms with Gasteiger partial charge in [0.1, 0.15) is 4.90 Å². The van der Waals surface area contributed by atoms with Gasteiger partial charge in [0.25, 0.3) is 0 Å². The van der Waals surface area contributed by atoms with Crippen LogP contribution in [0, 0.1) is 0 Å². The van der Waals surface area contributed by atoms with E-state index in [0.717, 1.165) is 6.42 Å². The van der Waals surface area contributed by atoms with E-state index in [1.807, 2.05) is 20.8 Å². The number of primary sulfonamides is 1. The van der Waals surface area contributed by atoms with Crippen molar-refractivity contribution >= 4 is 10.0 Å². The van der Waals surface area contributed by atoms with E-state index < -0.39 is 10.0 Å². The van der Waals surface area contributed by atoms with E-state index in [4.69, 9.17) is 9.88 Å². The van der Waals surface area contributed by atoms with Gasteiger partial charge in [-0.05, 0) is 19.3 Å². The number of aromatic nitrogens is 2. The lowest BCUT2D eigenvalue weighted by atomic mass is 10.2. The van der Waals surface area contributed by atoms with E-state index in [2.05, 4.69) is 5.10 Å². The highest BCUT2D eigenvalue weighted by atomic mass is 32.2. The molecule has 0 atom stereocenters. The standard InChI is InChI=1S/C12H23N3O3S/c1-4-8-18-9-7-15-11(6-3)12(19(13,16)17)10(5-2)14-15/h4-9H2,1-3H3,(H2,13,16,17). The van der Waals surface area contributed by atoms with Crippen molar-refractivity contribution in [3.63, 3.8) is 0 Å². The Kier molecular flexibility index (Phi) is 5.96. The number of hydrogen-bond donors (Lipinski definition) is 1. The Labute approximate surface area is 115 Å². The van der Waals surface area contributed by atoms with E-state index in [-0.39, 0.29) is 4.90 Å². The van der Waals surface area contributed by atoms with E-state index in [9.17, 15) is 8.42 Å². The van der Waals surface area contributed by atoms with Gasteiger partial charge in [-0.15, -0.1) is 0 Å². The molecule has 7 heteroatoms. The van der Waals surface area contributed by atoms with Crippen molar-refractivity contribution in [1.82, 2.24) is 9.78 Å². The first-order chi connectivity index (χ1) is 8.95. The first kappa shape index (κ1) is 16.1. The molecule has 0 aliphatic rings. The van der Waals surface area contributed by atoms with Gasteiger partial charge in [0.2, 0.25) is 10.0 Å². The van der Waals surface area contributed by atoms with Crippen LogP contribution in [0.3, 0.4) is 0 Å². The summed E-state index contributed by atoms with van der Waals surface area (Å²) in [7, 11) is -3.73. The third-order valence-corrected chi connectivity index (χ3v) is 3.87. The smallest absolute Gasteiger partial charge is 0.241 e. The van der Waals surface area contributed by atoms with Crippen molar-refractivity contribution in [2.75, 3.05) is 13.2 Å². The minimum absolute atomic E-state index is 0.188. The Hall–Kier alpha value is -0.920. The third-order valence-electron chi connectivity index (χ3n) is 2.83. The van der Waals surface area contributed by atoms with Gasteiger partial charge in [-0.2, -0.15) is 5.10 Å². The highest BCUT2D eigenvalue weighted by Crippen LogP contribution is 2.20. The average molecular weight is 289 g/mol. The molecule has 0 fully saturated rings. The quantitative estimate of drug-likeness (QED) is 0.725. The van der Waals surface area contributed by atoms with Crippen LogP contribution in [-0.2, 0) is 34.1 Å². The van der Waals surface area contributed by atoms with Gasteiger partial charge in [0.15, 0.2) is 0 Å². The molecule has 1 aromatic heterocycles. The number of sulfonamides is 1. The molecule has 0 bridgehead atoms. The molecule has 0 aliphatic heterocycles. The second kappa shape index (κ2) is 7.02. The topological polar surface area (TPSA) is 87.2 Å². The van der Waals surface area contributed by atoms with E-state index in [1.54, 1.807) is 4.68 Å². The number of nitrogens with two attached hydrogens (primary N) is 1. The molecule has 0 amide bonds. The summed E-state index contributed by atoms with van der Waals surface area (Å²) in [4.78, 5) is 0.188. The van der Waals surface area contributed by atoms with E-state index in [1.165, 1.54) is 0 Å². The van der Waals surface area contributed by atoms with Crippen LogP contribution in [0.4, 0.5) is 0 Å². The fraction of sp³-hybridized carbons (Fsp3) is 0.750. The highest BCUT2D eigenvalue weighted by molar-refractivity contribution is 7.89. The maximum absolute atomic E-state index is 11.7. The largest absolute Gasteiger partial charge is 0.380 e. The van der Waals surface area contributed by atoms with Crippen molar-refractivity contribution < 1.29 is 13.2 Å². The van der Waals surface area contributed by atoms with Gasteiger partial charge in [-0.1, -0.05) is 20.8 Å². The summed E-state index contributed by atoms with van der Waals surface area (Å²) >= 11 is 0. The molecule has 1 rings (SSSR count). The zero-order valence-corrected chi connectivity index (χ0v) is 12.7. The van der Waals surface area contributed by atoms with Gasteiger partial charge >= 0.3 is 0 Å². The summed E-state index contributed by atoms with van der Waals surface area (Å²) in [6.07, 6.45) is 2.08. The van der Waals surface area contributed by atoms with Crippen LogP contribution in [0.1, 0.15) is 38.6 Å². The molecule has 19 heavy (non-hydrogen) atoms. The summed E-state index contributed by atoms with van der Waals surface area (Å²) in [5, 5.41) is 9.63. The zero-order valence-electron chi connectivity index (χ0n) is 11.8. The van der Waals surface area contributed by atoms with Gasteiger partial charge in [0.05, 0.1) is 24.5 Å². The number of aryl methyl sites for hydroxylation is 1. The molecular formula is C12H23N3O3S. The molecule has 0 spiro atoms. The maximum Gasteiger partial charge on any atom is 0.241 e. The van der Waals surface area contributed by atoms with Crippen LogP contribution >= 0.6 is 0 Å². The fourth-order valence-electron chi connectivity index (χ4n) is 2.02. The van der Waals surface area contributed by atoms with Crippen LogP contribution in [0.2, 0.25) is 0 Å². The number of nitrogens with zero attached hydrogens (tertiary/aromatic N) is 2. The van der Waals surface area contributed by atoms with Gasteiger partial charge in [-0.3, -0.25) is 4.68 Å². The molecule has 0 saturated carbocycles. The summed E-state index contributed by atoms with van der Waals surface area (Å²) in [5.41, 5.74) is 1.20. The second-order valence-electron chi connectivity index (χ2n) is 4.31. The van der Waals surface area contributed by atoms with Crippen LogP contribution in [-0.4, -0.2) is 31.4 Å². The third kappa shape index (κ3) is 4.02. The first-order valence-electron chi connectivity index (χ1n) is 6.64. The Balaban J connectivity index is 3.03. The monoisotopic (exact) mass is 289 g/mol. The summed E-state index contributed by atoms with van der Waals surface area (Å²) in [6, 6.07) is 0. The van der Waals surface area contributed by atoms with Crippen LogP contribution < -0.4 is 5.14 Å². The predicted molar refractivity (Wildman–Crippen MR) is 73.5 cm³/mol. The summed E-state index contributed by atoms with van der Waals surface area (Å²) in [6.45, 7) is 7.58. The lowest BCUT2D eigenvalue weighted by Gasteiger charge is -2.07. The van der Waals surface area contributed by atoms with Gasteiger partial charge in [-0.25, -0.2) is 13.6 Å². The Morgan fingerprint density at radius 3 is 2.37 bits per heavy atom. The molecule has 2 N–H and O–H groups in total.